The maximum absolute atomic E-state index is 13.8. The van der Waals surface area contributed by atoms with Crippen LogP contribution in [0.4, 0.5) is 9.52 Å². The third-order valence-corrected chi connectivity index (χ3v) is 2.70. The van der Waals surface area contributed by atoms with Gasteiger partial charge in [0, 0.05) is 13.0 Å². The van der Waals surface area contributed by atoms with Crippen molar-refractivity contribution in [1.82, 2.24) is 15.5 Å². The van der Waals surface area contributed by atoms with Gasteiger partial charge in [0.25, 0.3) is 5.91 Å². The molecule has 0 aliphatic carbocycles. The van der Waals surface area contributed by atoms with Crippen molar-refractivity contribution in [1.29, 1.82) is 0 Å². The third-order valence-electron chi connectivity index (χ3n) is 2.09. The Hall–Kier alpha value is -1.08. The minimum Gasteiger partial charge on any atom is -0.313 e. The number of anilines is 1. The van der Waals surface area contributed by atoms with E-state index in [2.05, 4.69) is 20.8 Å². The summed E-state index contributed by atoms with van der Waals surface area (Å²) < 4.78 is 13.8. The van der Waals surface area contributed by atoms with Crippen molar-refractivity contribution in [2.75, 3.05) is 18.4 Å². The number of rotatable bonds is 2. The Labute approximate surface area is 83.7 Å². The molecule has 1 unspecified atom stereocenters. The van der Waals surface area contributed by atoms with Gasteiger partial charge in [-0.3, -0.25) is 10.1 Å². The molecule has 0 spiro atoms. The first-order valence-electron chi connectivity index (χ1n) is 4.18. The fraction of sp³-hybridized carbons (Fsp3) is 0.571. The van der Waals surface area contributed by atoms with Gasteiger partial charge in [-0.2, -0.15) is 0 Å². The highest BCUT2D eigenvalue weighted by Crippen LogP contribution is 2.22. The Balaban J connectivity index is 2.02. The molecule has 1 saturated heterocycles. The first-order valence-corrected chi connectivity index (χ1v) is 5.06. The number of nitrogens with one attached hydrogen (secondary N) is 2. The zero-order valence-electron chi connectivity index (χ0n) is 7.29. The van der Waals surface area contributed by atoms with Gasteiger partial charge in [0.2, 0.25) is 10.8 Å². The largest absolute Gasteiger partial charge is 0.313 e. The summed E-state index contributed by atoms with van der Waals surface area (Å²) in [6, 6.07) is 0. The van der Waals surface area contributed by atoms with Crippen LogP contribution in [0.3, 0.4) is 0 Å². The molecule has 2 rings (SSSR count). The van der Waals surface area contributed by atoms with Crippen LogP contribution < -0.4 is 10.6 Å². The van der Waals surface area contributed by atoms with Gasteiger partial charge in [-0.1, -0.05) is 11.3 Å². The zero-order valence-corrected chi connectivity index (χ0v) is 8.10. The van der Waals surface area contributed by atoms with Crippen LogP contribution >= 0.6 is 11.3 Å². The van der Waals surface area contributed by atoms with E-state index in [1.165, 1.54) is 16.8 Å². The van der Waals surface area contributed by atoms with Crippen LogP contribution in [-0.2, 0) is 4.79 Å². The van der Waals surface area contributed by atoms with Crippen molar-refractivity contribution >= 4 is 22.4 Å². The normalized spacial score (nSPS) is 26.4. The maximum atomic E-state index is 13.8. The summed E-state index contributed by atoms with van der Waals surface area (Å²) >= 11 is 1.17. The SMILES string of the molecule is O=C(Nc1nncs1)C1(F)CCNC1. The molecule has 1 fully saturated rings. The van der Waals surface area contributed by atoms with Gasteiger partial charge in [-0.05, 0) is 6.54 Å². The van der Waals surface area contributed by atoms with Crippen LogP contribution in [0.15, 0.2) is 5.51 Å². The van der Waals surface area contributed by atoms with E-state index < -0.39 is 11.6 Å². The third kappa shape index (κ3) is 1.73. The molecular weight excluding hydrogens is 207 g/mol. The van der Waals surface area contributed by atoms with Crippen molar-refractivity contribution in [3.8, 4) is 0 Å². The summed E-state index contributed by atoms with van der Waals surface area (Å²) in [6.45, 7) is 0.595. The molecule has 1 aliphatic rings. The van der Waals surface area contributed by atoms with E-state index in [1.54, 1.807) is 0 Å². The molecule has 1 aliphatic heterocycles. The van der Waals surface area contributed by atoms with Crippen LogP contribution in [0.2, 0.25) is 0 Å². The summed E-state index contributed by atoms with van der Waals surface area (Å²) in [6.07, 6.45) is 0.206. The lowest BCUT2D eigenvalue weighted by Crippen LogP contribution is -2.40. The summed E-state index contributed by atoms with van der Waals surface area (Å²) in [7, 11) is 0. The van der Waals surface area contributed by atoms with E-state index in [0.29, 0.717) is 11.7 Å². The van der Waals surface area contributed by atoms with E-state index in [1.807, 2.05) is 0 Å². The van der Waals surface area contributed by atoms with Crippen molar-refractivity contribution < 1.29 is 9.18 Å². The van der Waals surface area contributed by atoms with Gasteiger partial charge in [0.1, 0.15) is 5.51 Å². The van der Waals surface area contributed by atoms with Crippen LogP contribution in [0.25, 0.3) is 0 Å². The van der Waals surface area contributed by atoms with Crippen LogP contribution in [-0.4, -0.2) is 34.9 Å². The molecule has 1 amide bonds. The number of aromatic nitrogens is 2. The van der Waals surface area contributed by atoms with Crippen LogP contribution in [0, 0.1) is 0 Å². The number of alkyl halides is 1. The summed E-state index contributed by atoms with van der Waals surface area (Å²) in [5.74, 6) is -0.640. The minimum atomic E-state index is -1.80. The van der Waals surface area contributed by atoms with E-state index in [4.69, 9.17) is 0 Å². The molecular formula is C7H9FN4OS. The topological polar surface area (TPSA) is 66.9 Å². The van der Waals surface area contributed by atoms with E-state index in [9.17, 15) is 9.18 Å². The molecule has 2 heterocycles. The molecule has 0 radical (unpaired) electrons. The molecule has 1 aromatic heterocycles. The number of amides is 1. The standard InChI is InChI=1S/C7H9FN4OS/c8-7(1-2-9-3-7)5(13)11-6-12-10-4-14-6/h4,9H,1-3H2,(H,11,12,13). The fourth-order valence-corrected chi connectivity index (χ4v) is 1.73. The molecule has 1 aromatic rings. The number of carbonyl (C=O) groups is 1. The van der Waals surface area contributed by atoms with E-state index in [-0.39, 0.29) is 13.0 Å². The van der Waals surface area contributed by atoms with Crippen LogP contribution in [0.1, 0.15) is 6.42 Å². The second-order valence-corrected chi connectivity index (χ2v) is 3.92. The molecule has 76 valence electrons. The van der Waals surface area contributed by atoms with Crippen LogP contribution in [0.5, 0.6) is 0 Å². The Kier molecular flexibility index (Phi) is 2.42. The number of carbonyl (C=O) groups excluding carboxylic acids is 1. The van der Waals surface area contributed by atoms with Crippen molar-refractivity contribution in [2.45, 2.75) is 12.1 Å². The molecule has 0 aromatic carbocycles. The molecule has 5 nitrogen and oxygen atoms in total. The average Bonchev–Trinajstić information content (AvgIpc) is 2.76. The number of hydrogen-bond acceptors (Lipinski definition) is 5. The minimum absolute atomic E-state index is 0.0671. The average molecular weight is 216 g/mol. The Morgan fingerprint density at radius 1 is 1.79 bits per heavy atom. The van der Waals surface area contributed by atoms with Gasteiger partial charge >= 0.3 is 0 Å². The van der Waals surface area contributed by atoms with Gasteiger partial charge in [-0.15, -0.1) is 10.2 Å². The zero-order chi connectivity index (χ0) is 10.0. The molecule has 7 heteroatoms. The van der Waals surface area contributed by atoms with Gasteiger partial charge in [0.15, 0.2) is 0 Å². The lowest BCUT2D eigenvalue weighted by atomic mass is 10.1. The quantitative estimate of drug-likeness (QED) is 0.740. The lowest BCUT2D eigenvalue weighted by Gasteiger charge is -2.15. The highest BCUT2D eigenvalue weighted by Gasteiger charge is 2.41. The Morgan fingerprint density at radius 2 is 2.64 bits per heavy atom. The lowest BCUT2D eigenvalue weighted by molar-refractivity contribution is -0.126. The number of nitrogens with zero attached hydrogens (tertiary/aromatic N) is 2. The number of hydrogen-bond donors (Lipinski definition) is 2. The fourth-order valence-electron chi connectivity index (χ4n) is 1.29. The first kappa shape index (κ1) is 9.47. The molecule has 0 saturated carbocycles. The van der Waals surface area contributed by atoms with E-state index >= 15 is 0 Å². The second kappa shape index (κ2) is 3.58. The van der Waals surface area contributed by atoms with Crippen molar-refractivity contribution in [2.24, 2.45) is 0 Å². The van der Waals surface area contributed by atoms with Crippen molar-refractivity contribution in [3.63, 3.8) is 0 Å². The monoisotopic (exact) mass is 216 g/mol. The molecule has 0 bridgehead atoms. The molecule has 1 atom stereocenters. The predicted octanol–water partition coefficient (Wildman–Crippen LogP) is 0.178. The second-order valence-electron chi connectivity index (χ2n) is 3.09. The Morgan fingerprint density at radius 3 is 3.21 bits per heavy atom. The predicted molar refractivity (Wildman–Crippen MR) is 49.9 cm³/mol. The summed E-state index contributed by atoms with van der Waals surface area (Å²) in [5, 5.41) is 12.7. The maximum Gasteiger partial charge on any atom is 0.265 e. The van der Waals surface area contributed by atoms with Gasteiger partial charge in [0.05, 0.1) is 0 Å². The first-order chi connectivity index (χ1) is 6.71. The number of halogens is 1. The highest BCUT2D eigenvalue weighted by molar-refractivity contribution is 7.13. The van der Waals surface area contributed by atoms with Gasteiger partial charge in [-0.25, -0.2) is 4.39 Å². The van der Waals surface area contributed by atoms with E-state index in [0.717, 1.165) is 0 Å². The highest BCUT2D eigenvalue weighted by atomic mass is 32.1. The molecule has 2 N–H and O–H groups in total. The van der Waals surface area contributed by atoms with Gasteiger partial charge < -0.3 is 5.32 Å². The molecule has 14 heavy (non-hydrogen) atoms. The smallest absolute Gasteiger partial charge is 0.265 e. The summed E-state index contributed by atoms with van der Waals surface area (Å²) in [4.78, 5) is 11.4. The Bertz CT molecular complexity index is 322. The summed E-state index contributed by atoms with van der Waals surface area (Å²) in [5.41, 5.74) is -0.320. The van der Waals surface area contributed by atoms with Crippen molar-refractivity contribution in [3.05, 3.63) is 5.51 Å².